The van der Waals surface area contributed by atoms with Crippen LogP contribution in [0.2, 0.25) is 0 Å². The first-order valence-electron chi connectivity index (χ1n) is 10.9. The third-order valence-corrected chi connectivity index (χ3v) is 6.25. The third-order valence-electron chi connectivity index (χ3n) is 6.25. The van der Waals surface area contributed by atoms with Crippen molar-refractivity contribution in [1.29, 1.82) is 0 Å². The Morgan fingerprint density at radius 3 is 2.32 bits per heavy atom. The fourth-order valence-electron chi connectivity index (χ4n) is 4.37. The first kappa shape index (κ1) is 24.5. The minimum Gasteiger partial charge on any atom is -0.497 e. The Hall–Kier alpha value is -2.76. The van der Waals surface area contributed by atoms with E-state index >= 15 is 0 Å². The zero-order chi connectivity index (χ0) is 23.2. The van der Waals surface area contributed by atoms with Gasteiger partial charge in [0.2, 0.25) is 5.78 Å². The molecule has 2 aromatic rings. The van der Waals surface area contributed by atoms with E-state index < -0.39 is 11.4 Å². The normalized spacial score (nSPS) is 13.0. The molecule has 0 aliphatic heterocycles. The van der Waals surface area contributed by atoms with Gasteiger partial charge < -0.3 is 19.1 Å². The number of methoxy groups -OCH3 is 2. The lowest BCUT2D eigenvalue weighted by Crippen LogP contribution is -2.37. The maximum absolute atomic E-state index is 13.5. The molecule has 0 spiro atoms. The third kappa shape index (κ3) is 4.78. The maximum Gasteiger partial charge on any atom is 0.315 e. The summed E-state index contributed by atoms with van der Waals surface area (Å²) >= 11 is 0. The van der Waals surface area contributed by atoms with Crippen LogP contribution in [0.3, 0.4) is 0 Å². The molecule has 0 fully saturated rings. The van der Waals surface area contributed by atoms with E-state index in [0.29, 0.717) is 41.3 Å². The summed E-state index contributed by atoms with van der Waals surface area (Å²) in [4.78, 5) is 25.9. The smallest absolute Gasteiger partial charge is 0.315 e. The minimum absolute atomic E-state index is 0.202. The number of ketones is 1. The molecule has 0 bridgehead atoms. The molecule has 0 amide bonds. The molecule has 170 valence electrons. The van der Waals surface area contributed by atoms with Gasteiger partial charge in [0.25, 0.3) is 0 Å². The highest BCUT2D eigenvalue weighted by Crippen LogP contribution is 2.37. The molecule has 1 unspecified atom stereocenters. The molecular formula is C25H35NO5. The van der Waals surface area contributed by atoms with Crippen LogP contribution in [0.4, 0.5) is 0 Å². The van der Waals surface area contributed by atoms with E-state index in [4.69, 9.17) is 9.47 Å². The molecule has 0 aliphatic carbocycles. The Kier molecular flexibility index (Phi) is 8.31. The van der Waals surface area contributed by atoms with Gasteiger partial charge in [-0.15, -0.1) is 0 Å². The second-order valence-corrected chi connectivity index (χ2v) is 8.07. The van der Waals surface area contributed by atoms with E-state index in [9.17, 15) is 14.7 Å². The number of rotatable bonds is 12. The fourth-order valence-corrected chi connectivity index (χ4v) is 4.37. The van der Waals surface area contributed by atoms with E-state index in [0.717, 1.165) is 31.2 Å². The van der Waals surface area contributed by atoms with Crippen molar-refractivity contribution in [2.45, 2.75) is 64.7 Å². The number of hydrogen-bond acceptors (Lipinski definition) is 4. The van der Waals surface area contributed by atoms with Gasteiger partial charge in [0.05, 0.1) is 25.5 Å². The number of carboxylic acids is 1. The second kappa shape index (κ2) is 10.5. The number of aryl methyl sites for hydroxylation is 1. The highest BCUT2D eigenvalue weighted by Gasteiger charge is 2.41. The van der Waals surface area contributed by atoms with Gasteiger partial charge in [-0.2, -0.15) is 0 Å². The molecule has 0 saturated heterocycles. The number of carbonyl (C=O) groups is 2. The standard InChI is InChI=1S/C25H35NO5/c1-7-9-10-11-14-25(8-2,24(28)29)21-15-17(3)22(26(21)4)23(27)19-13-12-18(30-5)16-20(19)31-6/h12-13,15-16H,7-11,14H2,1-6H3,(H,28,29). The van der Waals surface area contributed by atoms with Crippen molar-refractivity contribution < 1.29 is 24.2 Å². The van der Waals surface area contributed by atoms with Crippen molar-refractivity contribution in [1.82, 2.24) is 4.57 Å². The molecule has 6 heteroatoms. The number of carbonyl (C=O) groups excluding carboxylic acids is 1. The minimum atomic E-state index is -1.02. The summed E-state index contributed by atoms with van der Waals surface area (Å²) < 4.78 is 12.4. The van der Waals surface area contributed by atoms with Gasteiger partial charge in [-0.1, -0.05) is 39.5 Å². The summed E-state index contributed by atoms with van der Waals surface area (Å²) in [6.45, 7) is 5.90. The number of carboxylic acid groups (broad SMARTS) is 1. The maximum atomic E-state index is 13.5. The second-order valence-electron chi connectivity index (χ2n) is 8.07. The van der Waals surface area contributed by atoms with Gasteiger partial charge in [0.15, 0.2) is 0 Å². The largest absolute Gasteiger partial charge is 0.497 e. The van der Waals surface area contributed by atoms with Crippen LogP contribution in [0.15, 0.2) is 24.3 Å². The molecule has 2 rings (SSSR count). The lowest BCUT2D eigenvalue weighted by molar-refractivity contribution is -0.144. The summed E-state index contributed by atoms with van der Waals surface area (Å²) in [6, 6.07) is 6.94. The van der Waals surface area contributed by atoms with Crippen LogP contribution in [-0.4, -0.2) is 35.6 Å². The summed E-state index contributed by atoms with van der Waals surface area (Å²) in [5.74, 6) is -0.0213. The van der Waals surface area contributed by atoms with Crippen molar-refractivity contribution in [3.05, 3.63) is 46.8 Å². The van der Waals surface area contributed by atoms with Crippen LogP contribution in [0.1, 0.15) is 79.7 Å². The average Bonchev–Trinajstić information content (AvgIpc) is 3.07. The van der Waals surface area contributed by atoms with Crippen LogP contribution < -0.4 is 9.47 Å². The quantitative estimate of drug-likeness (QED) is 0.367. The van der Waals surface area contributed by atoms with Crippen LogP contribution in [0.25, 0.3) is 0 Å². The summed E-state index contributed by atoms with van der Waals surface area (Å²) in [5, 5.41) is 10.2. The van der Waals surface area contributed by atoms with Crippen LogP contribution in [0.5, 0.6) is 11.5 Å². The number of unbranched alkanes of at least 4 members (excludes halogenated alkanes) is 3. The van der Waals surface area contributed by atoms with Crippen molar-refractivity contribution >= 4 is 11.8 Å². The number of benzene rings is 1. The number of hydrogen-bond donors (Lipinski definition) is 1. The molecule has 6 nitrogen and oxygen atoms in total. The predicted molar refractivity (Wildman–Crippen MR) is 121 cm³/mol. The van der Waals surface area contributed by atoms with E-state index in [-0.39, 0.29) is 5.78 Å². The molecule has 1 aromatic heterocycles. The summed E-state index contributed by atoms with van der Waals surface area (Å²) in [7, 11) is 4.85. The Morgan fingerprint density at radius 1 is 1.06 bits per heavy atom. The highest BCUT2D eigenvalue weighted by atomic mass is 16.5. The van der Waals surface area contributed by atoms with Crippen molar-refractivity contribution in [2.75, 3.05) is 14.2 Å². The van der Waals surface area contributed by atoms with Gasteiger partial charge >= 0.3 is 5.97 Å². The van der Waals surface area contributed by atoms with Crippen LogP contribution in [-0.2, 0) is 17.3 Å². The molecule has 0 aliphatic rings. The first-order valence-corrected chi connectivity index (χ1v) is 10.9. The Labute approximate surface area is 185 Å². The van der Waals surface area contributed by atoms with Gasteiger partial charge in [-0.25, -0.2) is 0 Å². The van der Waals surface area contributed by atoms with Gasteiger partial charge in [-0.05, 0) is 43.5 Å². The monoisotopic (exact) mass is 429 g/mol. The molecule has 1 aromatic carbocycles. The number of ether oxygens (including phenoxy) is 2. The van der Waals surface area contributed by atoms with Gasteiger partial charge in [0, 0.05) is 18.8 Å². The van der Waals surface area contributed by atoms with Crippen LogP contribution >= 0.6 is 0 Å². The van der Waals surface area contributed by atoms with E-state index in [1.54, 1.807) is 36.9 Å². The van der Waals surface area contributed by atoms with Gasteiger partial charge in [-0.3, -0.25) is 9.59 Å². The lowest BCUT2D eigenvalue weighted by atomic mass is 9.77. The molecule has 1 N–H and O–H groups in total. The van der Waals surface area contributed by atoms with Crippen molar-refractivity contribution in [3.63, 3.8) is 0 Å². The van der Waals surface area contributed by atoms with Gasteiger partial charge in [0.1, 0.15) is 16.9 Å². The average molecular weight is 430 g/mol. The Balaban J connectivity index is 2.53. The zero-order valence-corrected chi connectivity index (χ0v) is 19.6. The fraction of sp³-hybridized carbons (Fsp3) is 0.520. The molecule has 1 atom stereocenters. The predicted octanol–water partition coefficient (Wildman–Crippen LogP) is 5.28. The number of aromatic nitrogens is 1. The van der Waals surface area contributed by atoms with Crippen LogP contribution in [0, 0.1) is 6.92 Å². The van der Waals surface area contributed by atoms with Crippen molar-refractivity contribution in [2.24, 2.45) is 7.05 Å². The van der Waals surface area contributed by atoms with E-state index in [1.807, 2.05) is 19.9 Å². The molecule has 0 saturated carbocycles. The number of aliphatic carboxylic acids is 1. The summed E-state index contributed by atoms with van der Waals surface area (Å²) in [6.07, 6.45) is 5.04. The molecule has 1 heterocycles. The van der Waals surface area contributed by atoms with E-state index in [1.165, 1.54) is 7.11 Å². The molecular weight excluding hydrogens is 394 g/mol. The Bertz CT molecular complexity index is 930. The highest BCUT2D eigenvalue weighted by molar-refractivity contribution is 6.11. The first-order chi connectivity index (χ1) is 14.8. The topological polar surface area (TPSA) is 77.8 Å². The molecule has 0 radical (unpaired) electrons. The SMILES string of the molecule is CCCCCCC(CC)(C(=O)O)c1cc(C)c(C(=O)c2ccc(OC)cc2OC)n1C. The summed E-state index contributed by atoms with van der Waals surface area (Å²) in [5.41, 5.74) is 1.31. The van der Waals surface area contributed by atoms with Crippen molar-refractivity contribution in [3.8, 4) is 11.5 Å². The zero-order valence-electron chi connectivity index (χ0n) is 19.6. The number of nitrogens with zero attached hydrogens (tertiary/aromatic N) is 1. The Morgan fingerprint density at radius 2 is 1.77 bits per heavy atom. The molecule has 31 heavy (non-hydrogen) atoms. The van der Waals surface area contributed by atoms with E-state index in [2.05, 4.69) is 6.92 Å². The lowest BCUT2D eigenvalue weighted by Gasteiger charge is -2.29.